The minimum atomic E-state index is -0.351. The van der Waals surface area contributed by atoms with E-state index in [1.54, 1.807) is 11.6 Å². The summed E-state index contributed by atoms with van der Waals surface area (Å²) in [4.78, 5) is 10.9. The fourth-order valence-corrected chi connectivity index (χ4v) is 2.95. The molecule has 7 nitrogen and oxygen atoms in total. The molecule has 1 heterocycles. The Balaban J connectivity index is 2.35. The van der Waals surface area contributed by atoms with Crippen LogP contribution in [0.1, 0.15) is 44.8 Å². The molecule has 1 aliphatic rings. The second-order valence-corrected chi connectivity index (χ2v) is 5.76. The molecule has 0 aliphatic heterocycles. The highest BCUT2D eigenvalue weighted by molar-refractivity contribution is 5.60. The number of nitro groups is 1. The third kappa shape index (κ3) is 2.63. The van der Waals surface area contributed by atoms with Crippen molar-refractivity contribution in [2.45, 2.75) is 52.1 Å². The summed E-state index contributed by atoms with van der Waals surface area (Å²) in [7, 11) is 0. The molecule has 1 fully saturated rings. The fraction of sp³-hybridized carbons (Fsp3) is 0.769. The summed E-state index contributed by atoms with van der Waals surface area (Å²) in [6.45, 7) is 6.23. The first kappa shape index (κ1) is 14.8. The van der Waals surface area contributed by atoms with Gasteiger partial charge >= 0.3 is 5.69 Å². The molecule has 0 radical (unpaired) electrons. The second-order valence-electron chi connectivity index (χ2n) is 5.76. The highest BCUT2D eigenvalue weighted by atomic mass is 16.6. The largest absolute Gasteiger partial charge is 0.361 e. The second kappa shape index (κ2) is 5.78. The zero-order valence-electron chi connectivity index (χ0n) is 12.3. The van der Waals surface area contributed by atoms with Crippen LogP contribution in [-0.4, -0.2) is 27.3 Å². The van der Waals surface area contributed by atoms with E-state index >= 15 is 0 Å². The Bertz CT molecular complexity index is 497. The lowest BCUT2D eigenvalue weighted by Gasteiger charge is -2.21. The Kier molecular flexibility index (Phi) is 4.27. The Labute approximate surface area is 118 Å². The van der Waals surface area contributed by atoms with Crippen molar-refractivity contribution in [3.8, 4) is 0 Å². The van der Waals surface area contributed by atoms with Crippen LogP contribution in [0.4, 0.5) is 11.5 Å². The van der Waals surface area contributed by atoms with E-state index < -0.39 is 0 Å². The molecule has 3 N–H and O–H groups in total. The number of nitrogens with one attached hydrogen (secondary N) is 1. The molecule has 0 spiro atoms. The van der Waals surface area contributed by atoms with Crippen LogP contribution >= 0.6 is 0 Å². The molecule has 20 heavy (non-hydrogen) atoms. The highest BCUT2D eigenvalue weighted by Gasteiger charge is 2.32. The van der Waals surface area contributed by atoms with Gasteiger partial charge in [0.25, 0.3) is 0 Å². The van der Waals surface area contributed by atoms with Gasteiger partial charge < -0.3 is 11.1 Å². The van der Waals surface area contributed by atoms with Crippen molar-refractivity contribution in [2.24, 2.45) is 11.7 Å². The van der Waals surface area contributed by atoms with Crippen LogP contribution in [0.5, 0.6) is 0 Å². The Morgan fingerprint density at radius 1 is 1.55 bits per heavy atom. The van der Waals surface area contributed by atoms with Gasteiger partial charge in [0.2, 0.25) is 5.82 Å². The van der Waals surface area contributed by atoms with Crippen LogP contribution in [-0.2, 0) is 0 Å². The summed E-state index contributed by atoms with van der Waals surface area (Å²) in [6, 6.07) is 0.273. The van der Waals surface area contributed by atoms with Crippen LogP contribution in [0.3, 0.4) is 0 Å². The van der Waals surface area contributed by atoms with Crippen LogP contribution in [0.2, 0.25) is 0 Å². The van der Waals surface area contributed by atoms with Crippen molar-refractivity contribution < 1.29 is 4.92 Å². The highest BCUT2D eigenvalue weighted by Crippen LogP contribution is 2.35. The van der Waals surface area contributed by atoms with E-state index in [0.717, 1.165) is 19.3 Å². The van der Waals surface area contributed by atoms with Crippen LogP contribution in [0.15, 0.2) is 0 Å². The molecule has 0 saturated heterocycles. The maximum absolute atomic E-state index is 11.3. The molecule has 0 bridgehead atoms. The molecule has 7 heteroatoms. The smallest absolute Gasteiger partial charge is 0.333 e. The Hall–Kier alpha value is -1.63. The maximum Gasteiger partial charge on any atom is 0.333 e. The molecule has 0 aromatic carbocycles. The van der Waals surface area contributed by atoms with E-state index in [1.165, 1.54) is 0 Å². The van der Waals surface area contributed by atoms with Crippen molar-refractivity contribution in [3.63, 3.8) is 0 Å². The number of aromatic nitrogens is 2. The van der Waals surface area contributed by atoms with Gasteiger partial charge in [-0.3, -0.25) is 10.1 Å². The van der Waals surface area contributed by atoms with Crippen LogP contribution in [0.25, 0.3) is 0 Å². The van der Waals surface area contributed by atoms with Gasteiger partial charge in [0.05, 0.1) is 4.92 Å². The average Bonchev–Trinajstić information content (AvgIpc) is 2.94. The van der Waals surface area contributed by atoms with Crippen LogP contribution < -0.4 is 11.1 Å². The number of hydrogen-bond acceptors (Lipinski definition) is 5. The quantitative estimate of drug-likeness (QED) is 0.637. The summed E-state index contributed by atoms with van der Waals surface area (Å²) in [5, 5.41) is 18.9. The first-order chi connectivity index (χ1) is 9.45. The molecule has 0 amide bonds. The van der Waals surface area contributed by atoms with Gasteiger partial charge in [0.15, 0.2) is 0 Å². The average molecular weight is 281 g/mol. The minimum absolute atomic E-state index is 0.0719. The summed E-state index contributed by atoms with van der Waals surface area (Å²) in [5.41, 5.74) is 6.32. The molecule has 2 rings (SSSR count). The fourth-order valence-electron chi connectivity index (χ4n) is 2.95. The number of nitrogens with zero attached hydrogens (tertiary/aromatic N) is 3. The van der Waals surface area contributed by atoms with Crippen molar-refractivity contribution in [1.29, 1.82) is 0 Å². The van der Waals surface area contributed by atoms with Crippen molar-refractivity contribution in [3.05, 3.63) is 15.8 Å². The monoisotopic (exact) mass is 281 g/mol. The topological polar surface area (TPSA) is 99.0 Å². The van der Waals surface area contributed by atoms with Gasteiger partial charge in [-0.2, -0.15) is 5.10 Å². The first-order valence-electron chi connectivity index (χ1n) is 7.15. The van der Waals surface area contributed by atoms with Gasteiger partial charge in [0, 0.05) is 12.1 Å². The SMILES string of the molecule is Cc1nn(C(C)C)c(NC2CCCC2CN)c1[N+](=O)[O-]. The van der Waals surface area contributed by atoms with Crippen LogP contribution in [0, 0.1) is 23.0 Å². The molecule has 2 atom stereocenters. The lowest BCUT2D eigenvalue weighted by Crippen LogP contribution is -2.30. The molecule has 1 saturated carbocycles. The molecular formula is C13H23N5O2. The van der Waals surface area contributed by atoms with E-state index in [-0.39, 0.29) is 22.7 Å². The third-order valence-corrected chi connectivity index (χ3v) is 4.01. The first-order valence-corrected chi connectivity index (χ1v) is 7.15. The van der Waals surface area contributed by atoms with Crippen molar-refractivity contribution >= 4 is 11.5 Å². The Morgan fingerprint density at radius 3 is 2.80 bits per heavy atom. The van der Waals surface area contributed by atoms with Crippen molar-refractivity contribution in [1.82, 2.24) is 9.78 Å². The molecule has 112 valence electrons. The van der Waals surface area contributed by atoms with E-state index in [1.807, 2.05) is 13.8 Å². The van der Waals surface area contributed by atoms with Gasteiger partial charge in [-0.25, -0.2) is 4.68 Å². The lowest BCUT2D eigenvalue weighted by atomic mass is 10.0. The van der Waals surface area contributed by atoms with E-state index in [0.29, 0.717) is 24.0 Å². The van der Waals surface area contributed by atoms with Gasteiger partial charge in [0.1, 0.15) is 5.69 Å². The summed E-state index contributed by atoms with van der Waals surface area (Å²) >= 11 is 0. The third-order valence-electron chi connectivity index (χ3n) is 4.01. The molecular weight excluding hydrogens is 258 g/mol. The van der Waals surface area contributed by atoms with Gasteiger partial charge in [-0.15, -0.1) is 0 Å². The summed E-state index contributed by atoms with van der Waals surface area (Å²) in [6.07, 6.45) is 3.19. The molecule has 1 aromatic heterocycles. The van der Waals surface area contributed by atoms with Crippen molar-refractivity contribution in [2.75, 3.05) is 11.9 Å². The summed E-state index contributed by atoms with van der Waals surface area (Å²) < 4.78 is 1.71. The molecule has 1 aliphatic carbocycles. The van der Waals surface area contributed by atoms with Gasteiger partial charge in [-0.05, 0) is 46.1 Å². The normalized spacial score (nSPS) is 22.4. The number of hydrogen-bond donors (Lipinski definition) is 2. The minimum Gasteiger partial charge on any atom is -0.361 e. The number of nitrogens with two attached hydrogens (primary N) is 1. The predicted octanol–water partition coefficient (Wildman–Crippen LogP) is 2.22. The summed E-state index contributed by atoms with van der Waals surface area (Å²) in [5.74, 6) is 0.901. The van der Waals surface area contributed by atoms with E-state index in [4.69, 9.17) is 5.73 Å². The molecule has 2 unspecified atom stereocenters. The predicted molar refractivity (Wildman–Crippen MR) is 77.8 cm³/mol. The molecule has 1 aromatic rings. The number of anilines is 1. The maximum atomic E-state index is 11.3. The standard InChI is InChI=1S/C13H23N5O2/c1-8(2)17-13(12(18(19)20)9(3)16-17)15-11-6-4-5-10(11)7-14/h8,10-11,15H,4-7,14H2,1-3H3. The van der Waals surface area contributed by atoms with Gasteiger partial charge in [-0.1, -0.05) is 6.42 Å². The van der Waals surface area contributed by atoms with E-state index in [9.17, 15) is 10.1 Å². The zero-order valence-corrected chi connectivity index (χ0v) is 12.3. The Morgan fingerprint density at radius 2 is 2.25 bits per heavy atom. The number of rotatable bonds is 5. The zero-order chi connectivity index (χ0) is 14.9. The number of aryl methyl sites for hydroxylation is 1. The lowest BCUT2D eigenvalue weighted by molar-refractivity contribution is -0.384. The van der Waals surface area contributed by atoms with E-state index in [2.05, 4.69) is 10.4 Å².